The van der Waals surface area contributed by atoms with E-state index >= 15 is 0 Å². The first-order valence-corrected chi connectivity index (χ1v) is 6.01. The minimum absolute atomic E-state index is 0.433. The first-order valence-electron chi connectivity index (χ1n) is 5.21. The van der Waals surface area contributed by atoms with Gasteiger partial charge in [0.15, 0.2) is 6.29 Å². The van der Waals surface area contributed by atoms with Gasteiger partial charge >= 0.3 is 0 Å². The molecule has 1 heterocycles. The maximum absolute atomic E-state index is 10.7. The number of benzene rings is 1. The van der Waals surface area contributed by atoms with E-state index in [9.17, 15) is 4.79 Å². The Morgan fingerprint density at radius 1 is 1.29 bits per heavy atom. The summed E-state index contributed by atoms with van der Waals surface area (Å²) < 4.78 is 1.03. The van der Waals surface area contributed by atoms with Crippen molar-refractivity contribution >= 4 is 22.2 Å². The minimum Gasteiger partial charge on any atom is -0.296 e. The maximum atomic E-state index is 10.7. The van der Waals surface area contributed by atoms with Crippen molar-refractivity contribution < 1.29 is 4.79 Å². The van der Waals surface area contributed by atoms with Crippen LogP contribution in [0, 0.1) is 6.92 Å². The Labute approximate surface area is 108 Å². The van der Waals surface area contributed by atoms with Gasteiger partial charge in [-0.05, 0) is 30.7 Å². The molecule has 0 spiro atoms. The van der Waals surface area contributed by atoms with Crippen LogP contribution in [0.2, 0.25) is 0 Å². The van der Waals surface area contributed by atoms with E-state index in [2.05, 4.69) is 25.9 Å². The van der Waals surface area contributed by atoms with Crippen molar-refractivity contribution in [2.45, 2.75) is 13.3 Å². The highest BCUT2D eigenvalue weighted by molar-refractivity contribution is 9.10. The van der Waals surface area contributed by atoms with Gasteiger partial charge in [-0.15, -0.1) is 0 Å². The minimum atomic E-state index is 0.433. The van der Waals surface area contributed by atoms with Crippen LogP contribution in [0.1, 0.15) is 27.6 Å². The van der Waals surface area contributed by atoms with Gasteiger partial charge < -0.3 is 0 Å². The van der Waals surface area contributed by atoms with Crippen LogP contribution in [-0.4, -0.2) is 16.3 Å². The lowest BCUT2D eigenvalue weighted by molar-refractivity contribution is 0.111. The first-order chi connectivity index (χ1) is 8.17. The second-order valence-electron chi connectivity index (χ2n) is 3.77. The average Bonchev–Trinajstić information content (AvgIpc) is 2.28. The molecule has 2 aromatic rings. The van der Waals surface area contributed by atoms with Gasteiger partial charge in [-0.25, -0.2) is 9.97 Å². The summed E-state index contributed by atoms with van der Waals surface area (Å²) in [5.41, 5.74) is 2.36. The predicted molar refractivity (Wildman–Crippen MR) is 69.1 cm³/mol. The largest absolute Gasteiger partial charge is 0.296 e. The molecule has 0 saturated carbocycles. The number of aldehydes is 1. The Morgan fingerprint density at radius 3 is 2.82 bits per heavy atom. The van der Waals surface area contributed by atoms with E-state index < -0.39 is 0 Å². The molecule has 0 aliphatic rings. The molecular weight excluding hydrogens is 280 g/mol. The molecule has 0 radical (unpaired) electrons. The molecule has 0 aliphatic heterocycles. The molecular formula is C13H11BrN2O. The zero-order valence-corrected chi connectivity index (χ0v) is 10.9. The van der Waals surface area contributed by atoms with Gasteiger partial charge in [0.2, 0.25) is 0 Å². The average molecular weight is 291 g/mol. The van der Waals surface area contributed by atoms with E-state index in [0.29, 0.717) is 17.9 Å². The normalized spacial score (nSPS) is 10.2. The topological polar surface area (TPSA) is 42.9 Å². The smallest absolute Gasteiger partial charge is 0.168 e. The molecule has 0 bridgehead atoms. The number of aryl methyl sites for hydroxylation is 1. The lowest BCUT2D eigenvalue weighted by Crippen LogP contribution is -2.01. The van der Waals surface area contributed by atoms with Crippen LogP contribution < -0.4 is 0 Å². The van der Waals surface area contributed by atoms with Crippen LogP contribution in [-0.2, 0) is 6.42 Å². The van der Waals surface area contributed by atoms with Crippen LogP contribution in [0.3, 0.4) is 0 Å². The molecule has 0 aliphatic carbocycles. The number of hydrogen-bond donors (Lipinski definition) is 0. The van der Waals surface area contributed by atoms with E-state index in [1.165, 1.54) is 0 Å². The van der Waals surface area contributed by atoms with E-state index in [-0.39, 0.29) is 0 Å². The Morgan fingerprint density at radius 2 is 2.12 bits per heavy atom. The summed E-state index contributed by atoms with van der Waals surface area (Å²) in [6.07, 6.45) is 1.38. The van der Waals surface area contributed by atoms with Gasteiger partial charge in [-0.1, -0.05) is 28.1 Å². The van der Waals surface area contributed by atoms with E-state index in [1.807, 2.05) is 31.2 Å². The fourth-order valence-electron chi connectivity index (χ4n) is 1.63. The highest BCUT2D eigenvalue weighted by Crippen LogP contribution is 2.14. The summed E-state index contributed by atoms with van der Waals surface area (Å²) >= 11 is 3.42. The molecule has 0 N–H and O–H groups in total. The van der Waals surface area contributed by atoms with Crippen molar-refractivity contribution in [3.05, 3.63) is 57.6 Å². The number of halogens is 1. The second-order valence-corrected chi connectivity index (χ2v) is 4.69. The Hall–Kier alpha value is -1.55. The highest BCUT2D eigenvalue weighted by Gasteiger charge is 2.03. The fraction of sp³-hybridized carbons (Fsp3) is 0.154. The van der Waals surface area contributed by atoms with E-state index in [4.69, 9.17) is 0 Å². The van der Waals surface area contributed by atoms with Gasteiger partial charge in [0.1, 0.15) is 11.5 Å². The monoisotopic (exact) mass is 290 g/mol. The van der Waals surface area contributed by atoms with Crippen LogP contribution in [0.25, 0.3) is 0 Å². The molecule has 1 aromatic carbocycles. The molecule has 0 atom stereocenters. The van der Waals surface area contributed by atoms with E-state index in [1.54, 1.807) is 6.07 Å². The lowest BCUT2D eigenvalue weighted by Gasteiger charge is -2.03. The summed E-state index contributed by atoms with van der Waals surface area (Å²) in [6, 6.07) is 9.65. The van der Waals surface area contributed by atoms with Gasteiger partial charge in [0.05, 0.1) is 0 Å². The standard InChI is InChI=1S/C13H11BrN2O/c1-9-5-12(8-17)16-13(15-9)7-10-3-2-4-11(14)6-10/h2-6,8H,7H2,1H3. The Bertz CT molecular complexity index is 555. The quantitative estimate of drug-likeness (QED) is 0.817. The highest BCUT2D eigenvalue weighted by atomic mass is 79.9. The van der Waals surface area contributed by atoms with Gasteiger partial charge in [0, 0.05) is 16.6 Å². The summed E-state index contributed by atoms with van der Waals surface area (Å²) in [5.74, 6) is 0.671. The number of aromatic nitrogens is 2. The number of hydrogen-bond acceptors (Lipinski definition) is 3. The number of carbonyl (C=O) groups excluding carboxylic acids is 1. The Balaban J connectivity index is 2.29. The molecule has 3 nitrogen and oxygen atoms in total. The third-order valence-corrected chi connectivity index (χ3v) is 2.79. The predicted octanol–water partition coefficient (Wildman–Crippen LogP) is 2.95. The number of nitrogens with zero attached hydrogens (tertiary/aromatic N) is 2. The fourth-order valence-corrected chi connectivity index (χ4v) is 2.07. The second kappa shape index (κ2) is 5.19. The summed E-state index contributed by atoms with van der Waals surface area (Å²) in [5, 5.41) is 0. The summed E-state index contributed by atoms with van der Waals surface area (Å²) in [6.45, 7) is 1.86. The molecule has 4 heteroatoms. The molecule has 2 rings (SSSR count). The molecule has 1 aromatic heterocycles. The van der Waals surface area contributed by atoms with Crippen molar-refractivity contribution in [3.8, 4) is 0 Å². The SMILES string of the molecule is Cc1cc(C=O)nc(Cc2cccc(Br)c2)n1. The van der Waals surface area contributed by atoms with Crippen LogP contribution in [0.15, 0.2) is 34.8 Å². The zero-order valence-electron chi connectivity index (χ0n) is 9.35. The zero-order chi connectivity index (χ0) is 12.3. The van der Waals surface area contributed by atoms with E-state index in [0.717, 1.165) is 22.0 Å². The van der Waals surface area contributed by atoms with Crippen LogP contribution in [0.5, 0.6) is 0 Å². The third-order valence-electron chi connectivity index (χ3n) is 2.29. The van der Waals surface area contributed by atoms with Crippen LogP contribution >= 0.6 is 15.9 Å². The maximum Gasteiger partial charge on any atom is 0.168 e. The summed E-state index contributed by atoms with van der Waals surface area (Å²) in [4.78, 5) is 19.2. The molecule has 0 saturated heterocycles. The molecule has 17 heavy (non-hydrogen) atoms. The van der Waals surface area contributed by atoms with Crippen molar-refractivity contribution in [1.82, 2.24) is 9.97 Å². The first kappa shape index (κ1) is 11.9. The molecule has 86 valence electrons. The van der Waals surface area contributed by atoms with Crippen LogP contribution in [0.4, 0.5) is 0 Å². The van der Waals surface area contributed by atoms with Crippen molar-refractivity contribution in [1.29, 1.82) is 0 Å². The van der Waals surface area contributed by atoms with Crippen molar-refractivity contribution in [2.24, 2.45) is 0 Å². The number of carbonyl (C=O) groups is 1. The molecule has 0 unspecified atom stereocenters. The number of rotatable bonds is 3. The van der Waals surface area contributed by atoms with Gasteiger partial charge in [-0.2, -0.15) is 0 Å². The van der Waals surface area contributed by atoms with Crippen molar-refractivity contribution in [2.75, 3.05) is 0 Å². The molecule has 0 amide bonds. The van der Waals surface area contributed by atoms with Gasteiger partial charge in [-0.3, -0.25) is 4.79 Å². The van der Waals surface area contributed by atoms with Gasteiger partial charge in [0.25, 0.3) is 0 Å². The lowest BCUT2D eigenvalue weighted by atomic mass is 10.1. The summed E-state index contributed by atoms with van der Waals surface area (Å²) in [7, 11) is 0. The molecule has 0 fully saturated rings. The Kier molecular flexibility index (Phi) is 3.64. The van der Waals surface area contributed by atoms with Crippen molar-refractivity contribution in [3.63, 3.8) is 0 Å². The third kappa shape index (κ3) is 3.20.